The fourth-order valence-corrected chi connectivity index (χ4v) is 3.14. The van der Waals surface area contributed by atoms with Crippen LogP contribution in [-0.2, 0) is 27.4 Å². The van der Waals surface area contributed by atoms with Crippen molar-refractivity contribution in [3.05, 3.63) is 77.0 Å². The summed E-state index contributed by atoms with van der Waals surface area (Å²) < 4.78 is 10.3. The molecule has 2 aromatic carbocycles. The van der Waals surface area contributed by atoms with Crippen LogP contribution in [0.1, 0.15) is 27.2 Å². The molecular formula is C23H23N3O5. The van der Waals surface area contributed by atoms with Crippen LogP contribution < -0.4 is 10.6 Å². The Bertz CT molecular complexity index is 1100. The molecule has 1 heterocycles. The van der Waals surface area contributed by atoms with Gasteiger partial charge in [0.15, 0.2) is 6.61 Å². The minimum absolute atomic E-state index is 0.115. The number of para-hydroxylation sites is 1. The average Bonchev–Trinajstić information content (AvgIpc) is 2.77. The van der Waals surface area contributed by atoms with Crippen LogP contribution in [0, 0.1) is 6.92 Å². The molecule has 0 atom stereocenters. The molecular weight excluding hydrogens is 398 g/mol. The number of ether oxygens (including phenoxy) is 2. The zero-order chi connectivity index (χ0) is 22.2. The van der Waals surface area contributed by atoms with E-state index >= 15 is 0 Å². The lowest BCUT2D eigenvalue weighted by molar-refractivity contribution is -0.123. The number of methoxy groups -OCH3 is 1. The number of amides is 3. The van der Waals surface area contributed by atoms with Gasteiger partial charge in [-0.05, 0) is 24.1 Å². The normalized spacial score (nSPS) is 10.5. The minimum atomic E-state index is -0.737. The third kappa shape index (κ3) is 5.64. The first-order valence-electron chi connectivity index (χ1n) is 9.65. The van der Waals surface area contributed by atoms with Gasteiger partial charge in [0, 0.05) is 19.0 Å². The quantitative estimate of drug-likeness (QED) is 0.568. The van der Waals surface area contributed by atoms with Crippen LogP contribution in [0.3, 0.4) is 0 Å². The molecule has 0 spiro atoms. The predicted octanol–water partition coefficient (Wildman–Crippen LogP) is 2.87. The van der Waals surface area contributed by atoms with Crippen molar-refractivity contribution in [3.8, 4) is 0 Å². The topological polar surface area (TPSA) is 107 Å². The summed E-state index contributed by atoms with van der Waals surface area (Å²) in [6.07, 6.45) is 0. The molecule has 8 nitrogen and oxygen atoms in total. The maximum absolute atomic E-state index is 12.7. The molecule has 0 fully saturated rings. The first kappa shape index (κ1) is 21.9. The molecule has 3 amide bonds. The highest BCUT2D eigenvalue weighted by Gasteiger charge is 2.21. The number of hydrogen-bond acceptors (Lipinski definition) is 6. The van der Waals surface area contributed by atoms with Crippen LogP contribution in [0.4, 0.5) is 4.79 Å². The molecule has 0 radical (unpaired) electrons. The van der Waals surface area contributed by atoms with Gasteiger partial charge in [-0.2, -0.15) is 0 Å². The molecule has 0 bridgehead atoms. The van der Waals surface area contributed by atoms with Crippen LogP contribution in [-0.4, -0.2) is 36.6 Å². The first-order valence-corrected chi connectivity index (χ1v) is 9.65. The number of rotatable bonds is 7. The molecule has 8 heteroatoms. The zero-order valence-electron chi connectivity index (χ0n) is 17.3. The van der Waals surface area contributed by atoms with E-state index in [1.54, 1.807) is 6.92 Å². The molecule has 1 aromatic heterocycles. The molecule has 3 aromatic rings. The smallest absolute Gasteiger partial charge is 0.340 e. The second kappa shape index (κ2) is 10.3. The Morgan fingerprint density at radius 2 is 1.71 bits per heavy atom. The number of benzene rings is 2. The van der Waals surface area contributed by atoms with E-state index in [0.29, 0.717) is 11.3 Å². The summed E-state index contributed by atoms with van der Waals surface area (Å²) in [7, 11) is 1.50. The van der Waals surface area contributed by atoms with Gasteiger partial charge in [0.1, 0.15) is 0 Å². The minimum Gasteiger partial charge on any atom is -0.452 e. The Balaban J connectivity index is 1.61. The Kier molecular flexibility index (Phi) is 7.29. The molecule has 2 N–H and O–H groups in total. The van der Waals surface area contributed by atoms with E-state index in [1.165, 1.54) is 7.11 Å². The van der Waals surface area contributed by atoms with Gasteiger partial charge in [-0.15, -0.1) is 0 Å². The number of aryl methyl sites for hydroxylation is 1. The summed E-state index contributed by atoms with van der Waals surface area (Å²) in [6.45, 7) is 1.57. The number of esters is 1. The van der Waals surface area contributed by atoms with Crippen LogP contribution in [0.2, 0.25) is 0 Å². The van der Waals surface area contributed by atoms with Gasteiger partial charge < -0.3 is 14.8 Å². The standard InChI is InChI=1S/C23H23N3O5/c1-15-17-10-6-7-11-18(17)25-19(13-30-2)21(15)22(28)31-14-20(27)26-23(29)24-12-16-8-4-3-5-9-16/h3-11H,12-14H2,1-2H3,(H2,24,26,27,29). The molecule has 0 saturated carbocycles. The Hall–Kier alpha value is -3.78. The highest BCUT2D eigenvalue weighted by molar-refractivity contribution is 6.00. The fourth-order valence-electron chi connectivity index (χ4n) is 3.14. The third-order valence-corrected chi connectivity index (χ3v) is 4.60. The number of carbonyl (C=O) groups excluding carboxylic acids is 3. The van der Waals surface area contributed by atoms with Gasteiger partial charge in [0.2, 0.25) is 0 Å². The van der Waals surface area contributed by atoms with Crippen molar-refractivity contribution in [2.45, 2.75) is 20.1 Å². The fraction of sp³-hybridized carbons (Fsp3) is 0.217. The van der Waals surface area contributed by atoms with Crippen LogP contribution in [0.25, 0.3) is 10.9 Å². The predicted molar refractivity (Wildman–Crippen MR) is 114 cm³/mol. The third-order valence-electron chi connectivity index (χ3n) is 4.60. The number of aromatic nitrogens is 1. The van der Waals surface area contributed by atoms with E-state index in [1.807, 2.05) is 54.6 Å². The number of carbonyl (C=O) groups is 3. The molecule has 3 rings (SSSR count). The van der Waals surface area contributed by atoms with E-state index in [4.69, 9.17) is 9.47 Å². The lowest BCUT2D eigenvalue weighted by Gasteiger charge is -2.14. The second-order valence-electron chi connectivity index (χ2n) is 6.80. The molecule has 0 aliphatic carbocycles. The maximum atomic E-state index is 12.7. The van der Waals surface area contributed by atoms with Crippen molar-refractivity contribution in [2.24, 2.45) is 0 Å². The molecule has 0 aliphatic heterocycles. The van der Waals surface area contributed by atoms with E-state index < -0.39 is 24.5 Å². The van der Waals surface area contributed by atoms with Crippen molar-refractivity contribution in [1.82, 2.24) is 15.6 Å². The van der Waals surface area contributed by atoms with E-state index in [0.717, 1.165) is 16.5 Å². The second-order valence-corrected chi connectivity index (χ2v) is 6.80. The van der Waals surface area contributed by atoms with Crippen LogP contribution in [0.15, 0.2) is 54.6 Å². The van der Waals surface area contributed by atoms with E-state index in [2.05, 4.69) is 15.6 Å². The van der Waals surface area contributed by atoms with E-state index in [9.17, 15) is 14.4 Å². The zero-order valence-corrected chi connectivity index (χ0v) is 17.3. The van der Waals surface area contributed by atoms with Gasteiger partial charge in [-0.3, -0.25) is 10.1 Å². The summed E-state index contributed by atoms with van der Waals surface area (Å²) in [4.78, 5) is 41.1. The van der Waals surface area contributed by atoms with Gasteiger partial charge in [0.05, 0.1) is 23.4 Å². The van der Waals surface area contributed by atoms with Gasteiger partial charge >= 0.3 is 12.0 Å². The van der Waals surface area contributed by atoms with Crippen molar-refractivity contribution in [1.29, 1.82) is 0 Å². The Morgan fingerprint density at radius 3 is 2.45 bits per heavy atom. The number of nitrogens with zero attached hydrogens (tertiary/aromatic N) is 1. The highest BCUT2D eigenvalue weighted by atomic mass is 16.5. The lowest BCUT2D eigenvalue weighted by Crippen LogP contribution is -2.41. The average molecular weight is 421 g/mol. The Labute approximate surface area is 179 Å². The molecule has 31 heavy (non-hydrogen) atoms. The van der Waals surface area contributed by atoms with Gasteiger partial charge in [-0.1, -0.05) is 48.5 Å². The number of hydrogen-bond donors (Lipinski definition) is 2. The number of urea groups is 1. The Morgan fingerprint density at radius 1 is 1.00 bits per heavy atom. The molecule has 0 aliphatic rings. The summed E-state index contributed by atoms with van der Waals surface area (Å²) in [6, 6.07) is 16.0. The van der Waals surface area contributed by atoms with Crippen molar-refractivity contribution in [3.63, 3.8) is 0 Å². The lowest BCUT2D eigenvalue weighted by atomic mass is 10.0. The monoisotopic (exact) mass is 421 g/mol. The maximum Gasteiger partial charge on any atom is 0.340 e. The summed E-state index contributed by atoms with van der Waals surface area (Å²) in [5, 5.41) is 5.51. The summed E-state index contributed by atoms with van der Waals surface area (Å²) in [5.74, 6) is -1.44. The van der Waals surface area contributed by atoms with Gasteiger partial charge in [0.25, 0.3) is 5.91 Å². The number of imide groups is 1. The number of pyridine rings is 1. The summed E-state index contributed by atoms with van der Waals surface area (Å²) >= 11 is 0. The number of fused-ring (bicyclic) bond motifs is 1. The SMILES string of the molecule is COCc1nc2ccccc2c(C)c1C(=O)OCC(=O)NC(=O)NCc1ccccc1. The first-order chi connectivity index (χ1) is 15.0. The largest absolute Gasteiger partial charge is 0.452 e. The van der Waals surface area contributed by atoms with Crippen molar-refractivity contribution < 1.29 is 23.9 Å². The molecule has 0 saturated heterocycles. The van der Waals surface area contributed by atoms with Crippen LogP contribution in [0.5, 0.6) is 0 Å². The highest BCUT2D eigenvalue weighted by Crippen LogP contribution is 2.24. The number of nitrogens with one attached hydrogen (secondary N) is 2. The van der Waals surface area contributed by atoms with Crippen LogP contribution >= 0.6 is 0 Å². The van der Waals surface area contributed by atoms with E-state index in [-0.39, 0.29) is 18.7 Å². The molecule has 160 valence electrons. The van der Waals surface area contributed by atoms with Crippen molar-refractivity contribution in [2.75, 3.05) is 13.7 Å². The van der Waals surface area contributed by atoms with Gasteiger partial charge in [-0.25, -0.2) is 14.6 Å². The van der Waals surface area contributed by atoms with Crippen molar-refractivity contribution >= 4 is 28.8 Å². The summed E-state index contributed by atoms with van der Waals surface area (Å²) in [5.41, 5.74) is 2.98. The molecule has 0 unspecified atom stereocenters.